The van der Waals surface area contributed by atoms with E-state index in [0.29, 0.717) is 25.0 Å². The van der Waals surface area contributed by atoms with Crippen LogP contribution in [0.5, 0.6) is 0 Å². The van der Waals surface area contributed by atoms with Gasteiger partial charge in [0.05, 0.1) is 19.1 Å². The summed E-state index contributed by atoms with van der Waals surface area (Å²) >= 11 is 0. The Morgan fingerprint density at radius 3 is 2.71 bits per heavy atom. The van der Waals surface area contributed by atoms with E-state index in [1.165, 1.54) is 5.56 Å². The first-order valence-electron chi connectivity index (χ1n) is 7.70. The van der Waals surface area contributed by atoms with Gasteiger partial charge in [0.15, 0.2) is 0 Å². The second-order valence-corrected chi connectivity index (χ2v) is 5.97. The number of hydrogen-bond donors (Lipinski definition) is 1. The van der Waals surface area contributed by atoms with E-state index >= 15 is 0 Å². The summed E-state index contributed by atoms with van der Waals surface area (Å²) in [5.74, 6) is 0.692. The molecule has 1 aromatic rings. The molecule has 4 nitrogen and oxygen atoms in total. The van der Waals surface area contributed by atoms with Crippen LogP contribution < -0.4 is 5.32 Å². The van der Waals surface area contributed by atoms with Crippen LogP contribution >= 0.6 is 0 Å². The van der Waals surface area contributed by atoms with Crippen molar-refractivity contribution in [3.8, 4) is 0 Å². The molecule has 0 bridgehead atoms. The standard InChI is InChI=1S/C17H26N2O2/c1-13(2)15-12-19(17(20)9-10-21-3)16(11-18-15)14-7-5-4-6-8-14/h4-8,13,15-16,18H,9-12H2,1-3H3. The maximum atomic E-state index is 12.5. The van der Waals surface area contributed by atoms with E-state index < -0.39 is 0 Å². The first-order chi connectivity index (χ1) is 10.1. The number of nitrogens with one attached hydrogen (secondary N) is 1. The van der Waals surface area contributed by atoms with Gasteiger partial charge in [0, 0.05) is 26.2 Å². The Bertz CT molecular complexity index is 447. The number of amides is 1. The second kappa shape index (κ2) is 7.57. The van der Waals surface area contributed by atoms with Gasteiger partial charge >= 0.3 is 0 Å². The highest BCUT2D eigenvalue weighted by Crippen LogP contribution is 2.26. The van der Waals surface area contributed by atoms with Gasteiger partial charge in [0.2, 0.25) is 5.91 Å². The molecule has 1 heterocycles. The minimum absolute atomic E-state index is 0.116. The predicted octanol–water partition coefficient (Wildman–Crippen LogP) is 2.22. The van der Waals surface area contributed by atoms with Crippen molar-refractivity contribution in [2.75, 3.05) is 26.8 Å². The van der Waals surface area contributed by atoms with Gasteiger partial charge in [-0.3, -0.25) is 4.79 Å². The van der Waals surface area contributed by atoms with Crippen LogP contribution in [0.25, 0.3) is 0 Å². The molecule has 1 saturated heterocycles. The summed E-state index contributed by atoms with van der Waals surface area (Å²) in [4.78, 5) is 14.6. The van der Waals surface area contributed by atoms with Crippen LogP contribution in [0.1, 0.15) is 31.9 Å². The Morgan fingerprint density at radius 1 is 1.38 bits per heavy atom. The van der Waals surface area contributed by atoms with Crippen molar-refractivity contribution >= 4 is 5.91 Å². The number of piperazine rings is 1. The Balaban J connectivity index is 2.16. The molecular formula is C17H26N2O2. The highest BCUT2D eigenvalue weighted by Gasteiger charge is 2.32. The predicted molar refractivity (Wildman–Crippen MR) is 84.0 cm³/mol. The molecule has 1 amide bonds. The molecule has 1 aliphatic rings. The molecule has 21 heavy (non-hydrogen) atoms. The van der Waals surface area contributed by atoms with Crippen LogP contribution in [0.3, 0.4) is 0 Å². The van der Waals surface area contributed by atoms with Crippen LogP contribution in [-0.2, 0) is 9.53 Å². The minimum Gasteiger partial charge on any atom is -0.384 e. The van der Waals surface area contributed by atoms with Gasteiger partial charge in [-0.05, 0) is 11.5 Å². The maximum absolute atomic E-state index is 12.5. The molecule has 0 saturated carbocycles. The van der Waals surface area contributed by atoms with Gasteiger partial charge in [-0.15, -0.1) is 0 Å². The molecule has 0 aromatic heterocycles. The molecule has 0 spiro atoms. The SMILES string of the molecule is COCCC(=O)N1CC(C(C)C)NCC1c1ccccc1. The summed E-state index contributed by atoms with van der Waals surface area (Å²) in [5, 5.41) is 3.58. The van der Waals surface area contributed by atoms with Crippen LogP contribution in [0.2, 0.25) is 0 Å². The van der Waals surface area contributed by atoms with Crippen LogP contribution in [0.4, 0.5) is 0 Å². The minimum atomic E-state index is 0.116. The zero-order chi connectivity index (χ0) is 15.2. The first-order valence-corrected chi connectivity index (χ1v) is 7.70. The molecule has 2 atom stereocenters. The number of methoxy groups -OCH3 is 1. The number of rotatable bonds is 5. The van der Waals surface area contributed by atoms with E-state index in [2.05, 4.69) is 31.3 Å². The highest BCUT2D eigenvalue weighted by molar-refractivity contribution is 5.77. The van der Waals surface area contributed by atoms with Crippen LogP contribution in [-0.4, -0.2) is 43.7 Å². The number of carbonyl (C=O) groups excluding carboxylic acids is 1. The lowest BCUT2D eigenvalue weighted by molar-refractivity contribution is -0.136. The van der Waals surface area contributed by atoms with E-state index in [4.69, 9.17) is 4.74 Å². The van der Waals surface area contributed by atoms with Gasteiger partial charge in [-0.25, -0.2) is 0 Å². The Kier molecular flexibility index (Phi) is 5.76. The lowest BCUT2D eigenvalue weighted by Gasteiger charge is -2.42. The summed E-state index contributed by atoms with van der Waals surface area (Å²) in [6.45, 7) is 6.44. The molecule has 4 heteroatoms. The third-order valence-electron chi connectivity index (χ3n) is 4.17. The van der Waals surface area contributed by atoms with Crippen LogP contribution in [0.15, 0.2) is 30.3 Å². The smallest absolute Gasteiger partial charge is 0.225 e. The summed E-state index contributed by atoms with van der Waals surface area (Å²) in [7, 11) is 1.64. The van der Waals surface area contributed by atoms with E-state index in [9.17, 15) is 4.79 Å². The van der Waals surface area contributed by atoms with E-state index in [0.717, 1.165) is 13.1 Å². The monoisotopic (exact) mass is 290 g/mol. The van der Waals surface area contributed by atoms with Crippen molar-refractivity contribution in [2.45, 2.75) is 32.4 Å². The summed E-state index contributed by atoms with van der Waals surface area (Å²) < 4.78 is 5.06. The normalized spacial score (nSPS) is 22.6. The fraction of sp³-hybridized carbons (Fsp3) is 0.588. The highest BCUT2D eigenvalue weighted by atomic mass is 16.5. The third-order valence-corrected chi connectivity index (χ3v) is 4.17. The van der Waals surface area contributed by atoms with Gasteiger partial charge in [-0.2, -0.15) is 0 Å². The number of ether oxygens (including phenoxy) is 1. The molecule has 0 aliphatic carbocycles. The zero-order valence-corrected chi connectivity index (χ0v) is 13.2. The van der Waals surface area contributed by atoms with Crippen molar-refractivity contribution < 1.29 is 9.53 Å². The molecule has 2 rings (SSSR count). The first kappa shape index (κ1) is 16.0. The Labute approximate surface area is 127 Å². The van der Waals surface area contributed by atoms with Gasteiger partial charge in [0.1, 0.15) is 0 Å². The number of hydrogen-bond acceptors (Lipinski definition) is 3. The fourth-order valence-corrected chi connectivity index (χ4v) is 2.81. The topological polar surface area (TPSA) is 41.6 Å². The van der Waals surface area contributed by atoms with Crippen molar-refractivity contribution in [1.82, 2.24) is 10.2 Å². The van der Waals surface area contributed by atoms with E-state index in [-0.39, 0.29) is 11.9 Å². The number of benzene rings is 1. The maximum Gasteiger partial charge on any atom is 0.225 e. The molecule has 116 valence electrons. The Hall–Kier alpha value is -1.39. The van der Waals surface area contributed by atoms with Gasteiger partial charge in [0.25, 0.3) is 0 Å². The summed E-state index contributed by atoms with van der Waals surface area (Å²) in [6, 6.07) is 10.7. The quantitative estimate of drug-likeness (QED) is 0.904. The molecule has 1 aromatic carbocycles. The lowest BCUT2D eigenvalue weighted by atomic mass is 9.95. The van der Waals surface area contributed by atoms with Gasteiger partial charge < -0.3 is 15.0 Å². The van der Waals surface area contributed by atoms with Crippen molar-refractivity contribution in [3.05, 3.63) is 35.9 Å². The zero-order valence-electron chi connectivity index (χ0n) is 13.2. The summed E-state index contributed by atoms with van der Waals surface area (Å²) in [5.41, 5.74) is 1.19. The number of nitrogens with zero attached hydrogens (tertiary/aromatic N) is 1. The van der Waals surface area contributed by atoms with E-state index in [1.807, 2.05) is 23.1 Å². The average molecular weight is 290 g/mol. The van der Waals surface area contributed by atoms with Crippen LogP contribution in [0, 0.1) is 5.92 Å². The Morgan fingerprint density at radius 2 is 2.10 bits per heavy atom. The molecule has 1 N–H and O–H groups in total. The third kappa shape index (κ3) is 4.05. The molecule has 1 aliphatic heterocycles. The second-order valence-electron chi connectivity index (χ2n) is 5.97. The lowest BCUT2D eigenvalue weighted by Crippen LogP contribution is -2.56. The fourth-order valence-electron chi connectivity index (χ4n) is 2.81. The summed E-state index contributed by atoms with van der Waals surface area (Å²) in [6.07, 6.45) is 0.449. The molecule has 0 radical (unpaired) electrons. The van der Waals surface area contributed by atoms with Crippen molar-refractivity contribution in [1.29, 1.82) is 0 Å². The molecule has 1 fully saturated rings. The largest absolute Gasteiger partial charge is 0.384 e. The van der Waals surface area contributed by atoms with Crippen molar-refractivity contribution in [3.63, 3.8) is 0 Å². The molecular weight excluding hydrogens is 264 g/mol. The average Bonchev–Trinajstić information content (AvgIpc) is 2.52. The van der Waals surface area contributed by atoms with Crippen molar-refractivity contribution in [2.24, 2.45) is 5.92 Å². The van der Waals surface area contributed by atoms with Gasteiger partial charge in [-0.1, -0.05) is 44.2 Å². The number of carbonyl (C=O) groups is 1. The molecule has 2 unspecified atom stereocenters. The van der Waals surface area contributed by atoms with E-state index in [1.54, 1.807) is 7.11 Å².